The van der Waals surface area contributed by atoms with Crippen molar-refractivity contribution in [3.8, 4) is 6.07 Å². The molecule has 2 aromatic rings. The van der Waals surface area contributed by atoms with Crippen LogP contribution in [0.1, 0.15) is 10.4 Å². The summed E-state index contributed by atoms with van der Waals surface area (Å²) in [5, 5.41) is 11.2. The molecule has 112 valence electrons. The first kappa shape index (κ1) is 16.1. The fourth-order valence-corrected chi connectivity index (χ4v) is 2.34. The molecule has 9 heteroatoms. The zero-order valence-electron chi connectivity index (χ0n) is 11.1. The highest BCUT2D eigenvalue weighted by atomic mass is 79.9. The van der Waals surface area contributed by atoms with Gasteiger partial charge in [0, 0.05) is 10.0 Å². The van der Waals surface area contributed by atoms with Gasteiger partial charge in [-0.25, -0.2) is 4.98 Å². The minimum Gasteiger partial charge on any atom is -0.382 e. The number of carbonyl (C=O) groups excluding carboxylic acids is 1. The van der Waals surface area contributed by atoms with Gasteiger partial charge in [-0.2, -0.15) is 5.26 Å². The number of anilines is 2. The molecule has 2 rings (SSSR count). The predicted octanol–water partition coefficient (Wildman–Crippen LogP) is 1.98. The van der Waals surface area contributed by atoms with E-state index in [0.717, 1.165) is 16.2 Å². The van der Waals surface area contributed by atoms with Gasteiger partial charge in [0.1, 0.15) is 5.69 Å². The lowest BCUT2D eigenvalue weighted by atomic mass is 10.2. The number of halogens is 1. The molecule has 0 saturated heterocycles. The van der Waals surface area contributed by atoms with Gasteiger partial charge in [-0.3, -0.25) is 14.6 Å². The van der Waals surface area contributed by atoms with Crippen molar-refractivity contribution in [2.75, 3.05) is 16.8 Å². The lowest BCUT2D eigenvalue weighted by molar-refractivity contribution is 0.102. The smallest absolute Gasteiger partial charge is 0.277 e. The Balaban J connectivity index is 2.23. The Kier molecular flexibility index (Phi) is 5.19. The molecule has 0 atom stereocenters. The highest BCUT2D eigenvalue weighted by Gasteiger charge is 2.13. The van der Waals surface area contributed by atoms with Crippen LogP contribution in [0.15, 0.2) is 38.7 Å². The molecule has 1 aromatic carbocycles. The number of nitrogen functional groups attached to an aromatic ring is 1. The van der Waals surface area contributed by atoms with Crippen LogP contribution in [0, 0.1) is 11.3 Å². The number of carbonyl (C=O) groups is 1. The Morgan fingerprint density at radius 2 is 2.14 bits per heavy atom. The molecule has 0 fully saturated rings. The molecule has 1 amide bonds. The predicted molar refractivity (Wildman–Crippen MR) is 87.7 cm³/mol. The van der Waals surface area contributed by atoms with Crippen molar-refractivity contribution in [1.29, 1.82) is 5.26 Å². The summed E-state index contributed by atoms with van der Waals surface area (Å²) in [4.78, 5) is 30.4. The van der Waals surface area contributed by atoms with E-state index < -0.39 is 11.5 Å². The molecule has 1 heterocycles. The largest absolute Gasteiger partial charge is 0.382 e. The van der Waals surface area contributed by atoms with Crippen LogP contribution in [0.4, 0.5) is 11.5 Å². The van der Waals surface area contributed by atoms with Gasteiger partial charge in [0.25, 0.3) is 11.5 Å². The summed E-state index contributed by atoms with van der Waals surface area (Å²) < 4.78 is 0.835. The first-order valence-electron chi connectivity index (χ1n) is 5.97. The molecule has 0 aliphatic heterocycles. The summed E-state index contributed by atoms with van der Waals surface area (Å²) in [5.74, 6) is -0.439. The molecular weight excluding hydrogens is 370 g/mol. The van der Waals surface area contributed by atoms with Crippen LogP contribution in [-0.2, 0) is 0 Å². The van der Waals surface area contributed by atoms with Gasteiger partial charge >= 0.3 is 0 Å². The van der Waals surface area contributed by atoms with E-state index in [2.05, 4.69) is 31.2 Å². The highest BCUT2D eigenvalue weighted by Crippen LogP contribution is 2.17. The Labute approximate surface area is 138 Å². The summed E-state index contributed by atoms with van der Waals surface area (Å²) in [5.41, 5.74) is 5.39. The normalized spacial score (nSPS) is 10.0. The fraction of sp³-hybridized carbons (Fsp3) is 0.0769. The third-order valence-corrected chi connectivity index (χ3v) is 3.81. The third-order valence-electron chi connectivity index (χ3n) is 2.54. The molecular formula is C13H10BrN5O2S. The molecule has 0 bridgehead atoms. The standard InChI is InChI=1S/C13H10BrN5O2S/c14-8-3-1-7(2-4-8)11(20)17-9-10(16)18-13(19-12(9)21)22-6-5-15/h1-4H,6H2,(H,17,20)(H3,16,18,19,21). The average Bonchev–Trinajstić information content (AvgIpc) is 2.49. The van der Waals surface area contributed by atoms with E-state index in [1.54, 1.807) is 24.3 Å². The van der Waals surface area contributed by atoms with Gasteiger partial charge in [0.2, 0.25) is 0 Å². The molecule has 0 saturated carbocycles. The lowest BCUT2D eigenvalue weighted by Crippen LogP contribution is -2.23. The van der Waals surface area contributed by atoms with Crippen LogP contribution in [0.5, 0.6) is 0 Å². The zero-order chi connectivity index (χ0) is 16.1. The summed E-state index contributed by atoms with van der Waals surface area (Å²) in [6.07, 6.45) is 0. The van der Waals surface area contributed by atoms with E-state index in [0.29, 0.717) is 5.56 Å². The number of hydrogen-bond donors (Lipinski definition) is 3. The monoisotopic (exact) mass is 379 g/mol. The minimum atomic E-state index is -0.571. The van der Waals surface area contributed by atoms with Gasteiger partial charge in [-0.15, -0.1) is 0 Å². The van der Waals surface area contributed by atoms with Crippen molar-refractivity contribution in [3.05, 3.63) is 44.7 Å². The van der Waals surface area contributed by atoms with E-state index in [1.165, 1.54) is 0 Å². The number of thioether (sulfide) groups is 1. The van der Waals surface area contributed by atoms with Crippen LogP contribution >= 0.6 is 27.7 Å². The highest BCUT2D eigenvalue weighted by molar-refractivity contribution is 9.10. The maximum atomic E-state index is 12.1. The van der Waals surface area contributed by atoms with E-state index in [-0.39, 0.29) is 22.4 Å². The Morgan fingerprint density at radius 3 is 2.73 bits per heavy atom. The summed E-state index contributed by atoms with van der Waals surface area (Å²) in [7, 11) is 0. The second kappa shape index (κ2) is 7.11. The van der Waals surface area contributed by atoms with Crippen LogP contribution in [-0.4, -0.2) is 21.6 Å². The minimum absolute atomic E-state index is 0.102. The number of nitriles is 1. The molecule has 0 spiro atoms. The van der Waals surface area contributed by atoms with Crippen LogP contribution < -0.4 is 16.6 Å². The average molecular weight is 380 g/mol. The first-order valence-corrected chi connectivity index (χ1v) is 7.75. The van der Waals surface area contributed by atoms with Crippen molar-refractivity contribution in [2.45, 2.75) is 5.16 Å². The maximum absolute atomic E-state index is 12.1. The van der Waals surface area contributed by atoms with Gasteiger partial charge in [-0.05, 0) is 24.3 Å². The van der Waals surface area contributed by atoms with Gasteiger partial charge in [0.05, 0.1) is 11.8 Å². The van der Waals surface area contributed by atoms with Gasteiger partial charge < -0.3 is 11.1 Å². The van der Waals surface area contributed by atoms with E-state index in [4.69, 9.17) is 11.0 Å². The molecule has 0 aliphatic rings. The van der Waals surface area contributed by atoms with Crippen molar-refractivity contribution in [3.63, 3.8) is 0 Å². The first-order chi connectivity index (χ1) is 10.5. The number of nitrogens with two attached hydrogens (primary N) is 1. The summed E-state index contributed by atoms with van der Waals surface area (Å²) in [6.45, 7) is 0. The van der Waals surface area contributed by atoms with Crippen LogP contribution in [0.2, 0.25) is 0 Å². The molecule has 1 aromatic heterocycles. The number of benzene rings is 1. The third kappa shape index (κ3) is 3.87. The number of nitrogens with zero attached hydrogens (tertiary/aromatic N) is 2. The SMILES string of the molecule is N#CCSc1nc(N)c(NC(=O)c2ccc(Br)cc2)c(=O)[nH]1. The molecule has 7 nitrogen and oxygen atoms in total. The van der Waals surface area contributed by atoms with Gasteiger partial charge in [-0.1, -0.05) is 27.7 Å². The van der Waals surface area contributed by atoms with E-state index in [1.807, 2.05) is 6.07 Å². The fourth-order valence-electron chi connectivity index (χ4n) is 1.55. The second-order valence-electron chi connectivity index (χ2n) is 4.04. The number of aromatic amines is 1. The number of H-pyrrole nitrogens is 1. The summed E-state index contributed by atoms with van der Waals surface area (Å²) >= 11 is 4.32. The zero-order valence-corrected chi connectivity index (χ0v) is 13.5. The molecule has 0 unspecified atom stereocenters. The van der Waals surface area contributed by atoms with Crippen molar-refractivity contribution < 1.29 is 4.79 Å². The second-order valence-corrected chi connectivity index (χ2v) is 5.92. The maximum Gasteiger partial charge on any atom is 0.277 e. The molecule has 4 N–H and O–H groups in total. The molecule has 0 radical (unpaired) electrons. The lowest BCUT2D eigenvalue weighted by Gasteiger charge is -2.08. The van der Waals surface area contributed by atoms with Gasteiger partial charge in [0.15, 0.2) is 11.0 Å². The number of rotatable bonds is 4. The summed E-state index contributed by atoms with van der Waals surface area (Å²) in [6, 6.07) is 8.55. The van der Waals surface area contributed by atoms with E-state index >= 15 is 0 Å². The van der Waals surface area contributed by atoms with Crippen molar-refractivity contribution in [1.82, 2.24) is 9.97 Å². The topological polar surface area (TPSA) is 125 Å². The molecule has 0 aliphatic carbocycles. The Bertz CT molecular complexity index is 798. The van der Waals surface area contributed by atoms with E-state index in [9.17, 15) is 9.59 Å². The Hall–Kier alpha value is -2.31. The molecule has 22 heavy (non-hydrogen) atoms. The number of amides is 1. The van der Waals surface area contributed by atoms with Crippen LogP contribution in [0.3, 0.4) is 0 Å². The number of aromatic nitrogens is 2. The quantitative estimate of drug-likeness (QED) is 0.550. The van der Waals surface area contributed by atoms with Crippen molar-refractivity contribution in [2.24, 2.45) is 0 Å². The Morgan fingerprint density at radius 1 is 1.45 bits per heavy atom. The van der Waals surface area contributed by atoms with Crippen molar-refractivity contribution >= 4 is 45.1 Å². The van der Waals surface area contributed by atoms with Crippen LogP contribution in [0.25, 0.3) is 0 Å². The number of hydrogen-bond acceptors (Lipinski definition) is 6. The number of nitrogens with one attached hydrogen (secondary N) is 2.